The average Bonchev–Trinajstić information content (AvgIpc) is 2.83. The summed E-state index contributed by atoms with van der Waals surface area (Å²) in [5.74, 6) is -0.497. The lowest BCUT2D eigenvalue weighted by Gasteiger charge is -2.26. The van der Waals surface area contributed by atoms with Gasteiger partial charge in [0.1, 0.15) is 12.2 Å². The van der Waals surface area contributed by atoms with Crippen molar-refractivity contribution in [1.29, 1.82) is 0 Å². The molecule has 0 radical (unpaired) electrons. The third-order valence-corrected chi connectivity index (χ3v) is 6.13. The second kappa shape index (κ2) is 9.93. The Kier molecular flexibility index (Phi) is 6.79. The van der Waals surface area contributed by atoms with Gasteiger partial charge in [0.25, 0.3) is 11.8 Å². The van der Waals surface area contributed by atoms with Gasteiger partial charge in [-0.05, 0) is 60.0 Å². The van der Waals surface area contributed by atoms with Crippen molar-refractivity contribution < 1.29 is 23.9 Å². The van der Waals surface area contributed by atoms with Crippen LogP contribution in [-0.2, 0) is 16.2 Å². The lowest BCUT2D eigenvalue weighted by molar-refractivity contribution is -0.122. The number of rotatable bonds is 6. The van der Waals surface area contributed by atoms with Gasteiger partial charge in [-0.2, -0.15) is 0 Å². The van der Waals surface area contributed by atoms with Crippen LogP contribution in [0.3, 0.4) is 0 Å². The number of benzene rings is 3. The number of imide groups is 2. The van der Waals surface area contributed by atoms with Gasteiger partial charge in [0.05, 0.1) is 12.8 Å². The fourth-order valence-corrected chi connectivity index (χ4v) is 3.70. The van der Waals surface area contributed by atoms with E-state index in [1.54, 1.807) is 36.4 Å². The molecule has 1 N–H and O–H groups in total. The predicted molar refractivity (Wildman–Crippen MR) is 132 cm³/mol. The molecule has 0 unspecified atom stereocenters. The summed E-state index contributed by atoms with van der Waals surface area (Å²) in [6.45, 7) is 2.21. The standard InChI is InChI=1S/C26H21BrN2O5/c1-16-12-19(9-10-21(16)27)29-25(31)20(24(30)28-26(29)32)13-18-8-11-22(23(14-18)33-2)34-15-17-6-4-3-5-7-17/h3-14H,15H2,1-2H3,(H,28,30,32)/b20-13+. The van der Waals surface area contributed by atoms with E-state index in [0.29, 0.717) is 29.4 Å². The number of carbonyl (C=O) groups excluding carboxylic acids is 3. The summed E-state index contributed by atoms with van der Waals surface area (Å²) in [6.07, 6.45) is 1.42. The third kappa shape index (κ3) is 4.87. The quantitative estimate of drug-likeness (QED) is 0.364. The molecule has 1 fully saturated rings. The minimum atomic E-state index is -0.795. The van der Waals surface area contributed by atoms with Crippen LogP contribution in [0.4, 0.5) is 10.5 Å². The van der Waals surface area contributed by atoms with Gasteiger partial charge in [-0.25, -0.2) is 9.69 Å². The average molecular weight is 521 g/mol. The summed E-state index contributed by atoms with van der Waals surface area (Å²) in [7, 11) is 1.51. The zero-order chi connectivity index (χ0) is 24.2. The van der Waals surface area contributed by atoms with Crippen molar-refractivity contribution in [2.75, 3.05) is 12.0 Å². The molecule has 0 spiro atoms. The van der Waals surface area contributed by atoms with Crippen LogP contribution in [0.1, 0.15) is 16.7 Å². The Morgan fingerprint density at radius 1 is 0.971 bits per heavy atom. The van der Waals surface area contributed by atoms with Crippen molar-refractivity contribution in [3.63, 3.8) is 0 Å². The Morgan fingerprint density at radius 3 is 2.44 bits per heavy atom. The van der Waals surface area contributed by atoms with Crippen molar-refractivity contribution >= 4 is 45.5 Å². The fourth-order valence-electron chi connectivity index (χ4n) is 3.46. The second-order valence-corrected chi connectivity index (χ2v) is 8.43. The van der Waals surface area contributed by atoms with Crippen molar-refractivity contribution in [1.82, 2.24) is 5.32 Å². The number of hydrogen-bond donors (Lipinski definition) is 1. The molecule has 4 rings (SSSR count). The largest absolute Gasteiger partial charge is 0.493 e. The van der Waals surface area contributed by atoms with Crippen LogP contribution < -0.4 is 19.7 Å². The highest BCUT2D eigenvalue weighted by Crippen LogP contribution is 2.31. The lowest BCUT2D eigenvalue weighted by Crippen LogP contribution is -2.54. The summed E-state index contributed by atoms with van der Waals surface area (Å²) in [4.78, 5) is 39.0. The number of methoxy groups -OCH3 is 1. The Hall–Kier alpha value is -3.91. The maximum atomic E-state index is 13.1. The van der Waals surface area contributed by atoms with E-state index in [0.717, 1.165) is 20.5 Å². The molecule has 34 heavy (non-hydrogen) atoms. The predicted octanol–water partition coefficient (Wildman–Crippen LogP) is 5.01. The molecule has 0 aromatic heterocycles. The van der Waals surface area contributed by atoms with Gasteiger partial charge in [-0.15, -0.1) is 0 Å². The van der Waals surface area contributed by atoms with Gasteiger partial charge in [0, 0.05) is 4.47 Å². The maximum Gasteiger partial charge on any atom is 0.335 e. The number of ether oxygens (including phenoxy) is 2. The highest BCUT2D eigenvalue weighted by Gasteiger charge is 2.37. The first kappa shape index (κ1) is 23.3. The normalized spacial score (nSPS) is 14.9. The minimum absolute atomic E-state index is 0.167. The molecule has 0 saturated carbocycles. The Morgan fingerprint density at radius 2 is 1.74 bits per heavy atom. The molecule has 1 heterocycles. The van der Waals surface area contributed by atoms with Crippen LogP contribution in [-0.4, -0.2) is 25.0 Å². The number of nitrogens with one attached hydrogen (secondary N) is 1. The SMILES string of the molecule is COc1cc(/C=C2\C(=O)NC(=O)N(c3ccc(Br)c(C)c3)C2=O)ccc1OCc1ccccc1. The smallest absolute Gasteiger partial charge is 0.335 e. The first-order valence-electron chi connectivity index (χ1n) is 10.4. The molecule has 172 valence electrons. The van der Waals surface area contributed by atoms with Gasteiger partial charge >= 0.3 is 6.03 Å². The Labute approximate surface area is 205 Å². The molecule has 1 aliphatic rings. The highest BCUT2D eigenvalue weighted by atomic mass is 79.9. The molecule has 4 amide bonds. The van der Waals surface area contributed by atoms with Gasteiger partial charge < -0.3 is 9.47 Å². The summed E-state index contributed by atoms with van der Waals surface area (Å²) < 4.78 is 12.1. The van der Waals surface area contributed by atoms with E-state index in [1.165, 1.54) is 13.2 Å². The number of anilines is 1. The number of halogens is 1. The molecule has 3 aromatic rings. The Balaban J connectivity index is 1.61. The van der Waals surface area contributed by atoms with Crippen LogP contribution >= 0.6 is 15.9 Å². The molecule has 8 heteroatoms. The van der Waals surface area contributed by atoms with Crippen molar-refractivity contribution in [3.05, 3.63) is 93.5 Å². The molecule has 3 aromatic carbocycles. The Bertz CT molecular complexity index is 1300. The molecule has 0 atom stereocenters. The van der Waals surface area contributed by atoms with E-state index >= 15 is 0 Å². The first-order chi connectivity index (χ1) is 16.4. The van der Waals surface area contributed by atoms with Crippen molar-refractivity contribution in [2.45, 2.75) is 13.5 Å². The summed E-state index contributed by atoms with van der Waals surface area (Å²) in [5, 5.41) is 2.23. The van der Waals surface area contributed by atoms with E-state index < -0.39 is 17.8 Å². The van der Waals surface area contributed by atoms with Gasteiger partial charge in [-0.3, -0.25) is 14.9 Å². The van der Waals surface area contributed by atoms with Crippen molar-refractivity contribution in [3.8, 4) is 11.5 Å². The van der Waals surface area contributed by atoms with E-state index in [9.17, 15) is 14.4 Å². The summed E-state index contributed by atoms with van der Waals surface area (Å²) in [5.41, 5.74) is 2.59. The summed E-state index contributed by atoms with van der Waals surface area (Å²) in [6, 6.07) is 19.1. The number of amides is 4. The molecule has 0 bridgehead atoms. The van der Waals surface area contributed by atoms with Crippen LogP contribution in [0.25, 0.3) is 6.08 Å². The number of nitrogens with zero attached hydrogens (tertiary/aromatic N) is 1. The van der Waals surface area contributed by atoms with Crippen molar-refractivity contribution in [2.24, 2.45) is 0 Å². The van der Waals surface area contributed by atoms with E-state index in [-0.39, 0.29) is 5.57 Å². The zero-order valence-electron chi connectivity index (χ0n) is 18.5. The van der Waals surface area contributed by atoms with Gasteiger partial charge in [0.2, 0.25) is 0 Å². The van der Waals surface area contributed by atoms with Crippen LogP contribution in [0, 0.1) is 6.92 Å². The van der Waals surface area contributed by atoms with E-state index in [1.807, 2.05) is 37.3 Å². The number of aryl methyl sites for hydroxylation is 1. The van der Waals surface area contributed by atoms with E-state index in [4.69, 9.17) is 9.47 Å². The molecular formula is C26H21BrN2O5. The van der Waals surface area contributed by atoms with Crippen LogP contribution in [0.15, 0.2) is 76.8 Å². The fraction of sp³-hybridized carbons (Fsp3) is 0.115. The number of hydrogen-bond acceptors (Lipinski definition) is 5. The number of barbiturate groups is 1. The van der Waals surface area contributed by atoms with Crippen LogP contribution in [0.5, 0.6) is 11.5 Å². The zero-order valence-corrected chi connectivity index (χ0v) is 20.1. The summed E-state index contributed by atoms with van der Waals surface area (Å²) >= 11 is 3.40. The molecular weight excluding hydrogens is 500 g/mol. The lowest BCUT2D eigenvalue weighted by atomic mass is 10.1. The molecule has 1 saturated heterocycles. The molecule has 7 nitrogen and oxygen atoms in total. The van der Waals surface area contributed by atoms with Gasteiger partial charge in [-0.1, -0.05) is 52.3 Å². The molecule has 0 aliphatic carbocycles. The monoisotopic (exact) mass is 520 g/mol. The van der Waals surface area contributed by atoms with E-state index in [2.05, 4.69) is 21.2 Å². The first-order valence-corrected chi connectivity index (χ1v) is 11.2. The second-order valence-electron chi connectivity index (χ2n) is 7.58. The molecule has 1 aliphatic heterocycles. The number of urea groups is 1. The number of carbonyl (C=O) groups is 3. The van der Waals surface area contributed by atoms with Crippen LogP contribution in [0.2, 0.25) is 0 Å². The minimum Gasteiger partial charge on any atom is -0.493 e. The van der Waals surface area contributed by atoms with Gasteiger partial charge in [0.15, 0.2) is 11.5 Å². The topological polar surface area (TPSA) is 84.9 Å². The maximum absolute atomic E-state index is 13.1. The third-order valence-electron chi connectivity index (χ3n) is 5.24. The highest BCUT2D eigenvalue weighted by molar-refractivity contribution is 9.10.